The number of hydrogen-bond acceptors (Lipinski definition) is 3. The van der Waals surface area contributed by atoms with E-state index in [9.17, 15) is 14.7 Å². The standard InChI is InChI=1S/C15H14O3/c1-9(2)6-7-10-8-13(17)14-11(15(10)18)4-3-5-12(14)16/h3-6,8,16H,7H2,1-2H3. The number of fused-ring (bicyclic) bond motifs is 1. The van der Waals surface area contributed by atoms with Gasteiger partial charge in [-0.05, 0) is 32.4 Å². The molecule has 0 spiro atoms. The van der Waals surface area contributed by atoms with Gasteiger partial charge in [-0.3, -0.25) is 9.59 Å². The molecule has 18 heavy (non-hydrogen) atoms. The highest BCUT2D eigenvalue weighted by Crippen LogP contribution is 2.29. The summed E-state index contributed by atoms with van der Waals surface area (Å²) in [6.45, 7) is 3.88. The van der Waals surface area contributed by atoms with Crippen LogP contribution in [-0.2, 0) is 0 Å². The van der Waals surface area contributed by atoms with Crippen molar-refractivity contribution in [2.45, 2.75) is 20.3 Å². The van der Waals surface area contributed by atoms with Gasteiger partial charge in [-0.2, -0.15) is 0 Å². The number of benzene rings is 1. The van der Waals surface area contributed by atoms with Crippen molar-refractivity contribution in [3.63, 3.8) is 0 Å². The summed E-state index contributed by atoms with van der Waals surface area (Å²) in [6.07, 6.45) is 3.68. The quantitative estimate of drug-likeness (QED) is 0.811. The van der Waals surface area contributed by atoms with Crippen molar-refractivity contribution in [3.8, 4) is 5.75 Å². The van der Waals surface area contributed by atoms with Crippen LogP contribution < -0.4 is 0 Å². The lowest BCUT2D eigenvalue weighted by Gasteiger charge is -2.15. The SMILES string of the molecule is CC(C)=CCC1=CC(=O)c2c(O)cccc2C1=O. The number of hydrogen-bond donors (Lipinski definition) is 1. The average Bonchev–Trinajstić information content (AvgIpc) is 2.31. The Morgan fingerprint density at radius 1 is 1.28 bits per heavy atom. The second-order valence-corrected chi connectivity index (χ2v) is 4.55. The summed E-state index contributed by atoms with van der Waals surface area (Å²) in [5.74, 6) is -0.624. The first-order valence-corrected chi connectivity index (χ1v) is 5.75. The van der Waals surface area contributed by atoms with Crippen LogP contribution in [0.2, 0.25) is 0 Å². The number of allylic oxidation sites excluding steroid dienone is 4. The molecule has 0 saturated carbocycles. The van der Waals surface area contributed by atoms with E-state index in [0.29, 0.717) is 17.6 Å². The molecule has 1 aromatic carbocycles. The maximum absolute atomic E-state index is 12.2. The summed E-state index contributed by atoms with van der Waals surface area (Å²) in [7, 11) is 0. The molecule has 3 nitrogen and oxygen atoms in total. The van der Waals surface area contributed by atoms with Crippen LogP contribution in [0.4, 0.5) is 0 Å². The van der Waals surface area contributed by atoms with Gasteiger partial charge in [0.2, 0.25) is 0 Å². The second-order valence-electron chi connectivity index (χ2n) is 4.55. The molecule has 0 unspecified atom stereocenters. The lowest BCUT2D eigenvalue weighted by Crippen LogP contribution is -2.16. The Kier molecular flexibility index (Phi) is 3.15. The predicted molar refractivity (Wildman–Crippen MR) is 68.9 cm³/mol. The molecule has 1 aromatic rings. The molecule has 0 fully saturated rings. The number of carbonyl (C=O) groups is 2. The van der Waals surface area contributed by atoms with Gasteiger partial charge < -0.3 is 5.11 Å². The summed E-state index contributed by atoms with van der Waals surface area (Å²) in [5.41, 5.74) is 1.97. The van der Waals surface area contributed by atoms with Crippen molar-refractivity contribution in [1.29, 1.82) is 0 Å². The predicted octanol–water partition coefficient (Wildman–Crippen LogP) is 3.05. The fourth-order valence-corrected chi connectivity index (χ4v) is 1.92. The van der Waals surface area contributed by atoms with Crippen LogP contribution in [-0.4, -0.2) is 16.7 Å². The first-order chi connectivity index (χ1) is 8.50. The van der Waals surface area contributed by atoms with E-state index >= 15 is 0 Å². The molecule has 1 aliphatic rings. The van der Waals surface area contributed by atoms with E-state index in [1.807, 2.05) is 19.9 Å². The van der Waals surface area contributed by atoms with E-state index in [-0.39, 0.29) is 22.9 Å². The Labute approximate surface area is 105 Å². The van der Waals surface area contributed by atoms with Gasteiger partial charge in [0.05, 0.1) is 5.56 Å². The van der Waals surface area contributed by atoms with E-state index < -0.39 is 0 Å². The van der Waals surface area contributed by atoms with Crippen molar-refractivity contribution in [2.24, 2.45) is 0 Å². The zero-order valence-electron chi connectivity index (χ0n) is 10.4. The van der Waals surface area contributed by atoms with Gasteiger partial charge in [0.1, 0.15) is 5.75 Å². The largest absolute Gasteiger partial charge is 0.507 e. The molecular weight excluding hydrogens is 228 g/mol. The van der Waals surface area contributed by atoms with Crippen LogP contribution >= 0.6 is 0 Å². The third-order valence-electron chi connectivity index (χ3n) is 2.86. The molecule has 2 rings (SSSR count). The first-order valence-electron chi connectivity index (χ1n) is 5.75. The molecule has 0 saturated heterocycles. The summed E-state index contributed by atoms with van der Waals surface area (Å²) in [6, 6.07) is 4.56. The van der Waals surface area contributed by atoms with Gasteiger partial charge in [0.15, 0.2) is 11.6 Å². The maximum Gasteiger partial charge on any atom is 0.190 e. The van der Waals surface area contributed by atoms with Crippen LogP contribution in [0.25, 0.3) is 0 Å². The topological polar surface area (TPSA) is 54.4 Å². The lowest BCUT2D eigenvalue weighted by molar-refractivity contribution is 0.0980. The van der Waals surface area contributed by atoms with Crippen molar-refractivity contribution in [2.75, 3.05) is 0 Å². The molecular formula is C15H14O3. The minimum absolute atomic E-state index is 0.114. The average molecular weight is 242 g/mol. The molecule has 0 atom stereocenters. The lowest BCUT2D eigenvalue weighted by atomic mass is 9.87. The molecule has 92 valence electrons. The monoisotopic (exact) mass is 242 g/mol. The van der Waals surface area contributed by atoms with Gasteiger partial charge in [0.25, 0.3) is 0 Å². The smallest absolute Gasteiger partial charge is 0.190 e. The van der Waals surface area contributed by atoms with E-state index in [1.54, 1.807) is 12.1 Å². The Morgan fingerprint density at radius 2 is 2.00 bits per heavy atom. The van der Waals surface area contributed by atoms with Gasteiger partial charge in [-0.25, -0.2) is 0 Å². The second kappa shape index (κ2) is 4.61. The van der Waals surface area contributed by atoms with E-state index in [4.69, 9.17) is 0 Å². The van der Waals surface area contributed by atoms with Crippen LogP contribution in [0.1, 0.15) is 41.0 Å². The summed E-state index contributed by atoms with van der Waals surface area (Å²) < 4.78 is 0. The van der Waals surface area contributed by atoms with Crippen LogP contribution in [0, 0.1) is 0 Å². The highest BCUT2D eigenvalue weighted by molar-refractivity contribution is 6.25. The van der Waals surface area contributed by atoms with Gasteiger partial charge in [-0.15, -0.1) is 0 Å². The number of ketones is 2. The van der Waals surface area contributed by atoms with Gasteiger partial charge >= 0.3 is 0 Å². The summed E-state index contributed by atoms with van der Waals surface area (Å²) >= 11 is 0. The van der Waals surface area contributed by atoms with E-state index in [2.05, 4.69) is 0 Å². The Balaban J connectivity index is 2.45. The Bertz CT molecular complexity index is 588. The van der Waals surface area contributed by atoms with Gasteiger partial charge in [-0.1, -0.05) is 23.8 Å². The van der Waals surface area contributed by atoms with Crippen LogP contribution in [0.5, 0.6) is 5.75 Å². The molecule has 0 radical (unpaired) electrons. The highest BCUT2D eigenvalue weighted by atomic mass is 16.3. The first kappa shape index (κ1) is 12.3. The van der Waals surface area contributed by atoms with Crippen molar-refractivity contribution >= 4 is 11.6 Å². The van der Waals surface area contributed by atoms with E-state index in [1.165, 1.54) is 12.1 Å². The molecule has 1 aliphatic carbocycles. The number of aromatic hydroxyl groups is 1. The number of phenols is 1. The molecule has 0 bridgehead atoms. The van der Waals surface area contributed by atoms with Crippen molar-refractivity contribution in [1.82, 2.24) is 0 Å². The zero-order chi connectivity index (χ0) is 13.3. The zero-order valence-corrected chi connectivity index (χ0v) is 10.4. The fourth-order valence-electron chi connectivity index (χ4n) is 1.92. The van der Waals surface area contributed by atoms with Crippen LogP contribution in [0.15, 0.2) is 41.5 Å². The number of rotatable bonds is 2. The van der Waals surface area contributed by atoms with Crippen molar-refractivity contribution in [3.05, 3.63) is 52.6 Å². The summed E-state index contributed by atoms with van der Waals surface area (Å²) in [4.78, 5) is 24.1. The Morgan fingerprint density at radius 3 is 2.67 bits per heavy atom. The molecule has 0 heterocycles. The third-order valence-corrected chi connectivity index (χ3v) is 2.86. The molecule has 0 aromatic heterocycles. The normalized spacial score (nSPS) is 14.0. The maximum atomic E-state index is 12.2. The molecule has 3 heteroatoms. The highest BCUT2D eigenvalue weighted by Gasteiger charge is 2.26. The van der Waals surface area contributed by atoms with E-state index in [0.717, 1.165) is 5.57 Å². The number of phenolic OH excluding ortho intramolecular Hbond substituents is 1. The molecule has 0 amide bonds. The third kappa shape index (κ3) is 2.12. The van der Waals surface area contributed by atoms with Crippen molar-refractivity contribution < 1.29 is 14.7 Å². The van der Waals surface area contributed by atoms with Crippen LogP contribution in [0.3, 0.4) is 0 Å². The number of Topliss-reactive ketones (excluding diaryl/α,β-unsaturated/α-hetero) is 1. The minimum atomic E-state index is -0.306. The Hall–Kier alpha value is -2.16. The van der Waals surface area contributed by atoms with Gasteiger partial charge in [0, 0.05) is 11.1 Å². The fraction of sp³-hybridized carbons (Fsp3) is 0.200. The molecule has 0 aliphatic heterocycles. The number of carbonyl (C=O) groups excluding carboxylic acids is 2. The summed E-state index contributed by atoms with van der Waals surface area (Å²) in [5, 5.41) is 9.63. The minimum Gasteiger partial charge on any atom is -0.507 e. The molecule has 1 N–H and O–H groups in total.